The molecule has 0 radical (unpaired) electrons. The molecule has 0 atom stereocenters. The van der Waals surface area contributed by atoms with Gasteiger partial charge in [-0.05, 0) is 37.5 Å². The summed E-state index contributed by atoms with van der Waals surface area (Å²) in [6.07, 6.45) is 4.47. The molecule has 2 heteroatoms. The summed E-state index contributed by atoms with van der Waals surface area (Å²) in [5, 5.41) is 0.968. The number of aryl methyl sites for hydroxylation is 1. The standard InChI is InChI=1S/C13H17BrO/c1-11(10-14)4-3-5-12-6-8-13(15-2)9-7-12/h4,6-9H,3,5,10H2,1-2H3/b11-4+. The van der Waals surface area contributed by atoms with Crippen LogP contribution in [0.2, 0.25) is 0 Å². The molecule has 0 aromatic heterocycles. The summed E-state index contributed by atoms with van der Waals surface area (Å²) in [6, 6.07) is 8.26. The SMILES string of the molecule is COc1ccc(CC/C=C(\C)CBr)cc1. The molecule has 0 N–H and O–H groups in total. The van der Waals surface area contributed by atoms with Gasteiger partial charge in [0.15, 0.2) is 0 Å². The minimum Gasteiger partial charge on any atom is -0.497 e. The van der Waals surface area contributed by atoms with Crippen LogP contribution in [0.1, 0.15) is 18.9 Å². The van der Waals surface area contributed by atoms with Crippen molar-refractivity contribution in [1.82, 2.24) is 0 Å². The number of benzene rings is 1. The first-order valence-electron chi connectivity index (χ1n) is 5.11. The van der Waals surface area contributed by atoms with Crippen molar-refractivity contribution >= 4 is 15.9 Å². The Labute approximate surface area is 100 Å². The van der Waals surface area contributed by atoms with Crippen molar-refractivity contribution < 1.29 is 4.74 Å². The molecule has 82 valence electrons. The first kappa shape index (κ1) is 12.3. The van der Waals surface area contributed by atoms with Gasteiger partial charge in [0.1, 0.15) is 5.75 Å². The number of halogens is 1. The Hall–Kier alpha value is -0.760. The summed E-state index contributed by atoms with van der Waals surface area (Å²) < 4.78 is 5.11. The first-order valence-corrected chi connectivity index (χ1v) is 6.23. The molecule has 15 heavy (non-hydrogen) atoms. The Morgan fingerprint density at radius 3 is 2.53 bits per heavy atom. The van der Waals surface area contributed by atoms with E-state index in [0.29, 0.717) is 0 Å². The number of methoxy groups -OCH3 is 1. The molecule has 0 fully saturated rings. The van der Waals surface area contributed by atoms with Gasteiger partial charge in [-0.2, -0.15) is 0 Å². The molecule has 1 aromatic carbocycles. The highest BCUT2D eigenvalue weighted by atomic mass is 79.9. The molecule has 1 rings (SSSR count). The Morgan fingerprint density at radius 1 is 1.33 bits per heavy atom. The Morgan fingerprint density at radius 2 is 2.00 bits per heavy atom. The maximum atomic E-state index is 5.11. The Balaban J connectivity index is 2.44. The third-order valence-corrected chi connectivity index (χ3v) is 3.18. The van der Waals surface area contributed by atoms with Gasteiger partial charge in [-0.15, -0.1) is 0 Å². The van der Waals surface area contributed by atoms with Crippen LogP contribution in [0.25, 0.3) is 0 Å². The Kier molecular flexibility index (Phi) is 5.48. The van der Waals surface area contributed by atoms with E-state index in [9.17, 15) is 0 Å². The van der Waals surface area contributed by atoms with Crippen molar-refractivity contribution in [3.05, 3.63) is 41.5 Å². The molecule has 1 aromatic rings. The molecule has 0 aliphatic heterocycles. The quantitative estimate of drug-likeness (QED) is 0.580. The Bertz CT molecular complexity index is 314. The number of hydrogen-bond donors (Lipinski definition) is 0. The number of hydrogen-bond acceptors (Lipinski definition) is 1. The molecular formula is C13H17BrO. The highest BCUT2D eigenvalue weighted by Gasteiger charge is 1.93. The van der Waals surface area contributed by atoms with Crippen molar-refractivity contribution in [3.8, 4) is 5.75 Å². The first-order chi connectivity index (χ1) is 7.26. The highest BCUT2D eigenvalue weighted by Crippen LogP contribution is 2.13. The van der Waals surface area contributed by atoms with E-state index in [1.165, 1.54) is 11.1 Å². The van der Waals surface area contributed by atoms with Gasteiger partial charge < -0.3 is 4.74 Å². The zero-order chi connectivity index (χ0) is 11.1. The second kappa shape index (κ2) is 6.67. The normalized spacial score (nSPS) is 11.5. The van der Waals surface area contributed by atoms with E-state index in [2.05, 4.69) is 41.1 Å². The van der Waals surface area contributed by atoms with Crippen LogP contribution in [-0.2, 0) is 6.42 Å². The van der Waals surface area contributed by atoms with Gasteiger partial charge in [-0.1, -0.05) is 39.7 Å². The zero-order valence-electron chi connectivity index (χ0n) is 9.29. The van der Waals surface area contributed by atoms with Crippen LogP contribution in [0.5, 0.6) is 5.75 Å². The zero-order valence-corrected chi connectivity index (χ0v) is 10.9. The molecule has 0 aliphatic carbocycles. The lowest BCUT2D eigenvalue weighted by Gasteiger charge is -2.02. The topological polar surface area (TPSA) is 9.23 Å². The number of alkyl halides is 1. The summed E-state index contributed by atoms with van der Waals surface area (Å²) in [6.45, 7) is 2.14. The van der Waals surface area contributed by atoms with Gasteiger partial charge in [-0.25, -0.2) is 0 Å². The number of rotatable bonds is 5. The molecule has 0 bridgehead atoms. The lowest BCUT2D eigenvalue weighted by Crippen LogP contribution is -1.86. The van der Waals surface area contributed by atoms with Crippen molar-refractivity contribution in [2.75, 3.05) is 12.4 Å². The van der Waals surface area contributed by atoms with Crippen molar-refractivity contribution in [1.29, 1.82) is 0 Å². The molecular weight excluding hydrogens is 252 g/mol. The van der Waals surface area contributed by atoms with Gasteiger partial charge in [-0.3, -0.25) is 0 Å². The van der Waals surface area contributed by atoms with Crippen molar-refractivity contribution in [2.45, 2.75) is 19.8 Å². The van der Waals surface area contributed by atoms with Crippen molar-refractivity contribution in [2.24, 2.45) is 0 Å². The van der Waals surface area contributed by atoms with Crippen LogP contribution in [0, 0.1) is 0 Å². The summed E-state index contributed by atoms with van der Waals surface area (Å²) >= 11 is 3.44. The van der Waals surface area contributed by atoms with E-state index in [-0.39, 0.29) is 0 Å². The van der Waals surface area contributed by atoms with Crippen molar-refractivity contribution in [3.63, 3.8) is 0 Å². The number of allylic oxidation sites excluding steroid dienone is 2. The molecule has 0 unspecified atom stereocenters. The second-order valence-corrected chi connectivity index (χ2v) is 4.13. The predicted molar refractivity (Wildman–Crippen MR) is 68.9 cm³/mol. The maximum Gasteiger partial charge on any atom is 0.118 e. The smallest absolute Gasteiger partial charge is 0.118 e. The van der Waals surface area contributed by atoms with Crippen LogP contribution < -0.4 is 4.74 Å². The van der Waals surface area contributed by atoms with E-state index in [4.69, 9.17) is 4.74 Å². The monoisotopic (exact) mass is 268 g/mol. The third kappa shape index (κ3) is 4.52. The van der Waals surface area contributed by atoms with Gasteiger partial charge in [0, 0.05) is 5.33 Å². The predicted octanol–water partition coefficient (Wildman–Crippen LogP) is 3.97. The van der Waals surface area contributed by atoms with Crippen LogP contribution in [0.15, 0.2) is 35.9 Å². The molecule has 0 spiro atoms. The summed E-state index contributed by atoms with van der Waals surface area (Å²) in [5.41, 5.74) is 2.75. The fourth-order valence-electron chi connectivity index (χ4n) is 1.33. The van der Waals surface area contributed by atoms with Gasteiger partial charge in [0.05, 0.1) is 7.11 Å². The molecule has 0 saturated carbocycles. The molecule has 0 heterocycles. The average Bonchev–Trinajstić information content (AvgIpc) is 2.29. The lowest BCUT2D eigenvalue weighted by atomic mass is 10.1. The number of ether oxygens (including phenoxy) is 1. The van der Waals surface area contributed by atoms with E-state index >= 15 is 0 Å². The summed E-state index contributed by atoms with van der Waals surface area (Å²) in [4.78, 5) is 0. The minimum absolute atomic E-state index is 0.922. The van der Waals surface area contributed by atoms with Gasteiger partial charge in [0.2, 0.25) is 0 Å². The third-order valence-electron chi connectivity index (χ3n) is 2.30. The second-order valence-electron chi connectivity index (χ2n) is 3.57. The molecule has 1 nitrogen and oxygen atoms in total. The summed E-state index contributed by atoms with van der Waals surface area (Å²) in [7, 11) is 1.69. The van der Waals surface area contributed by atoms with E-state index in [0.717, 1.165) is 23.9 Å². The van der Waals surface area contributed by atoms with Crippen LogP contribution in [0.4, 0.5) is 0 Å². The van der Waals surface area contributed by atoms with Crippen LogP contribution in [0.3, 0.4) is 0 Å². The van der Waals surface area contributed by atoms with Gasteiger partial charge >= 0.3 is 0 Å². The molecule has 0 aliphatic rings. The fourth-order valence-corrected chi connectivity index (χ4v) is 1.56. The average molecular weight is 269 g/mol. The van der Waals surface area contributed by atoms with Crippen LogP contribution >= 0.6 is 15.9 Å². The van der Waals surface area contributed by atoms with Crippen LogP contribution in [-0.4, -0.2) is 12.4 Å². The highest BCUT2D eigenvalue weighted by molar-refractivity contribution is 9.09. The lowest BCUT2D eigenvalue weighted by molar-refractivity contribution is 0.414. The van der Waals surface area contributed by atoms with E-state index in [1.807, 2.05) is 12.1 Å². The minimum atomic E-state index is 0.922. The largest absolute Gasteiger partial charge is 0.497 e. The van der Waals surface area contributed by atoms with E-state index in [1.54, 1.807) is 7.11 Å². The molecule has 0 saturated heterocycles. The fraction of sp³-hybridized carbons (Fsp3) is 0.385. The maximum absolute atomic E-state index is 5.11. The molecule has 0 amide bonds. The summed E-state index contributed by atoms with van der Waals surface area (Å²) in [5.74, 6) is 0.922. The van der Waals surface area contributed by atoms with E-state index < -0.39 is 0 Å². The van der Waals surface area contributed by atoms with Gasteiger partial charge in [0.25, 0.3) is 0 Å².